The molecule has 4 atom stereocenters. The fraction of sp³-hybridized carbons (Fsp3) is 0.389. The summed E-state index contributed by atoms with van der Waals surface area (Å²) in [7, 11) is 1.72. The Morgan fingerprint density at radius 3 is 2.64 bits per heavy atom. The maximum Gasteiger partial charge on any atom is 0.225 e. The number of rotatable bonds is 6. The van der Waals surface area contributed by atoms with E-state index in [1.807, 2.05) is 30.3 Å². The minimum absolute atomic E-state index is 0.393. The number of imidazole rings is 1. The molecule has 1 aliphatic rings. The molecule has 0 aliphatic carbocycles. The lowest BCUT2D eigenvalue weighted by Gasteiger charge is -2.16. The van der Waals surface area contributed by atoms with Crippen molar-refractivity contribution in [2.24, 2.45) is 0 Å². The van der Waals surface area contributed by atoms with Gasteiger partial charge in [0.1, 0.15) is 28.9 Å². The van der Waals surface area contributed by atoms with E-state index in [9.17, 15) is 15.3 Å². The van der Waals surface area contributed by atoms with Gasteiger partial charge in [0.05, 0.1) is 12.9 Å². The van der Waals surface area contributed by atoms with Crippen LogP contribution in [0.5, 0.6) is 0 Å². The second-order valence-corrected chi connectivity index (χ2v) is 7.39. The summed E-state index contributed by atoms with van der Waals surface area (Å²) in [6, 6.07) is 10.0. The van der Waals surface area contributed by atoms with Gasteiger partial charge in [0, 0.05) is 12.8 Å². The molecule has 0 saturated carbocycles. The summed E-state index contributed by atoms with van der Waals surface area (Å²) in [5.74, 6) is 1.13. The first kappa shape index (κ1) is 19.1. The zero-order valence-corrected chi connectivity index (χ0v) is 16.0. The molecule has 3 heterocycles. The highest BCUT2D eigenvalue weighted by atomic mass is 32.2. The molecule has 1 fully saturated rings. The average Bonchev–Trinajstić information content (AvgIpc) is 3.28. The van der Waals surface area contributed by atoms with E-state index in [2.05, 4.69) is 20.3 Å². The van der Waals surface area contributed by atoms with Crippen LogP contribution in [-0.4, -0.2) is 66.8 Å². The van der Waals surface area contributed by atoms with Crippen LogP contribution in [0.1, 0.15) is 11.8 Å². The predicted molar refractivity (Wildman–Crippen MR) is 104 cm³/mol. The minimum Gasteiger partial charge on any atom is -0.394 e. The number of hydrogen-bond acceptors (Lipinski definition) is 9. The Bertz CT molecular complexity index is 954. The second-order valence-electron chi connectivity index (χ2n) is 6.43. The van der Waals surface area contributed by atoms with Crippen molar-refractivity contribution < 1.29 is 20.1 Å². The lowest BCUT2D eigenvalue weighted by atomic mass is 10.1. The van der Waals surface area contributed by atoms with Gasteiger partial charge in [0.25, 0.3) is 0 Å². The summed E-state index contributed by atoms with van der Waals surface area (Å²) in [5.41, 5.74) is 2.22. The number of nitrogens with one attached hydrogen (secondary N) is 1. The molecule has 1 aliphatic heterocycles. The van der Waals surface area contributed by atoms with Crippen molar-refractivity contribution in [2.45, 2.75) is 35.3 Å². The van der Waals surface area contributed by atoms with E-state index in [4.69, 9.17) is 4.74 Å². The molecule has 148 valence electrons. The molecule has 3 aromatic rings. The number of aromatic nitrogens is 4. The third-order valence-electron chi connectivity index (χ3n) is 4.62. The van der Waals surface area contributed by atoms with Gasteiger partial charge in [0.15, 0.2) is 11.9 Å². The van der Waals surface area contributed by atoms with Crippen LogP contribution in [0.25, 0.3) is 11.2 Å². The van der Waals surface area contributed by atoms with E-state index in [0.29, 0.717) is 22.1 Å². The molecule has 4 rings (SSSR count). The van der Waals surface area contributed by atoms with Gasteiger partial charge in [-0.15, -0.1) is 0 Å². The summed E-state index contributed by atoms with van der Waals surface area (Å²) in [5, 5.41) is 33.3. The molecule has 0 radical (unpaired) electrons. The molecule has 10 heteroatoms. The van der Waals surface area contributed by atoms with Crippen molar-refractivity contribution in [3.8, 4) is 0 Å². The lowest BCUT2D eigenvalue weighted by molar-refractivity contribution is -0.0511. The van der Waals surface area contributed by atoms with Crippen LogP contribution in [-0.2, 0) is 10.5 Å². The van der Waals surface area contributed by atoms with Crippen LogP contribution >= 0.6 is 11.8 Å². The maximum absolute atomic E-state index is 10.3. The van der Waals surface area contributed by atoms with Crippen molar-refractivity contribution in [3.05, 3.63) is 42.2 Å². The van der Waals surface area contributed by atoms with E-state index in [0.717, 1.165) is 11.3 Å². The van der Waals surface area contributed by atoms with Crippen molar-refractivity contribution in [3.63, 3.8) is 0 Å². The molecule has 0 bridgehead atoms. The highest BCUT2D eigenvalue weighted by molar-refractivity contribution is 7.98. The van der Waals surface area contributed by atoms with Gasteiger partial charge < -0.3 is 25.4 Å². The highest BCUT2D eigenvalue weighted by Crippen LogP contribution is 2.34. The first-order chi connectivity index (χ1) is 13.6. The fourth-order valence-corrected chi connectivity index (χ4v) is 4.05. The molecule has 0 unspecified atom stereocenters. The number of benzene rings is 1. The molecular weight excluding hydrogens is 382 g/mol. The van der Waals surface area contributed by atoms with E-state index in [1.54, 1.807) is 11.6 Å². The Hall–Kier alpha value is -2.24. The molecule has 28 heavy (non-hydrogen) atoms. The van der Waals surface area contributed by atoms with Gasteiger partial charge in [-0.1, -0.05) is 42.1 Å². The average molecular weight is 403 g/mol. The first-order valence-corrected chi connectivity index (χ1v) is 9.82. The predicted octanol–water partition coefficient (Wildman–Crippen LogP) is 0.772. The smallest absolute Gasteiger partial charge is 0.225 e. The first-order valence-electron chi connectivity index (χ1n) is 8.84. The van der Waals surface area contributed by atoms with Crippen LogP contribution in [0.4, 0.5) is 5.95 Å². The second kappa shape index (κ2) is 8.02. The molecule has 1 saturated heterocycles. The quantitative estimate of drug-likeness (QED) is 0.349. The standard InChI is InChI=1S/C18H21N5O4S/c1-19-18-21-15-12(16(22-18)28-8-10-5-3-2-4-6-10)20-9-23(15)17-14(26)13(25)11(7-24)27-17/h2-6,9,11,13-14,17,24-26H,7-8H2,1H3,(H,19,21,22)/t11-,13+,14-,17-/m0/s1. The molecule has 4 N–H and O–H groups in total. The van der Waals surface area contributed by atoms with Gasteiger partial charge in [0.2, 0.25) is 5.95 Å². The topological polar surface area (TPSA) is 126 Å². The number of ether oxygens (including phenoxy) is 1. The zero-order chi connectivity index (χ0) is 19.7. The molecule has 0 amide bonds. The third-order valence-corrected chi connectivity index (χ3v) is 5.66. The van der Waals surface area contributed by atoms with E-state index < -0.39 is 31.1 Å². The third kappa shape index (κ3) is 3.45. The van der Waals surface area contributed by atoms with Gasteiger partial charge >= 0.3 is 0 Å². The number of hydrogen-bond donors (Lipinski definition) is 4. The molecule has 2 aromatic heterocycles. The van der Waals surface area contributed by atoms with Crippen LogP contribution in [0.3, 0.4) is 0 Å². The van der Waals surface area contributed by atoms with Crippen LogP contribution in [0, 0.1) is 0 Å². The summed E-state index contributed by atoms with van der Waals surface area (Å²) < 4.78 is 7.18. The van der Waals surface area contributed by atoms with Crippen molar-refractivity contribution in [2.75, 3.05) is 19.0 Å². The monoisotopic (exact) mass is 403 g/mol. The summed E-state index contributed by atoms with van der Waals surface area (Å²) in [6.07, 6.45) is -2.65. The fourth-order valence-electron chi connectivity index (χ4n) is 3.13. The van der Waals surface area contributed by atoms with Gasteiger partial charge in [-0.25, -0.2) is 9.97 Å². The van der Waals surface area contributed by atoms with Crippen LogP contribution in [0.15, 0.2) is 41.7 Å². The van der Waals surface area contributed by atoms with Gasteiger partial charge in [-0.05, 0) is 5.56 Å². The van der Waals surface area contributed by atoms with Crippen LogP contribution < -0.4 is 5.32 Å². The zero-order valence-electron chi connectivity index (χ0n) is 15.1. The molecule has 1 aromatic carbocycles. The Labute approximate surface area is 165 Å². The largest absolute Gasteiger partial charge is 0.394 e. The number of thioether (sulfide) groups is 1. The van der Waals surface area contributed by atoms with Gasteiger partial charge in [-0.3, -0.25) is 4.57 Å². The Morgan fingerprint density at radius 2 is 1.96 bits per heavy atom. The molecular formula is C18H21N5O4S. The number of aliphatic hydroxyl groups excluding tert-OH is 3. The van der Waals surface area contributed by atoms with Crippen LogP contribution in [0.2, 0.25) is 0 Å². The summed E-state index contributed by atoms with van der Waals surface area (Å²) in [6.45, 7) is -0.393. The Balaban J connectivity index is 1.69. The number of anilines is 1. The van der Waals surface area contributed by atoms with Crippen molar-refractivity contribution >= 4 is 28.9 Å². The van der Waals surface area contributed by atoms with Crippen molar-refractivity contribution in [1.82, 2.24) is 19.5 Å². The number of nitrogens with zero attached hydrogens (tertiary/aromatic N) is 4. The normalized spacial score (nSPS) is 24.7. The minimum atomic E-state index is -1.21. The van der Waals surface area contributed by atoms with E-state index >= 15 is 0 Å². The summed E-state index contributed by atoms with van der Waals surface area (Å²) in [4.78, 5) is 13.4. The number of fused-ring (bicyclic) bond motifs is 1. The Kier molecular flexibility index (Phi) is 5.47. The SMILES string of the molecule is CNc1nc(SCc2ccccc2)c2ncn([C@H]3O[C@@H](CO)[C@@H](O)[C@@H]3O)c2n1. The molecule has 9 nitrogen and oxygen atoms in total. The van der Waals surface area contributed by atoms with Crippen molar-refractivity contribution in [1.29, 1.82) is 0 Å². The van der Waals surface area contributed by atoms with E-state index in [-0.39, 0.29) is 0 Å². The maximum atomic E-state index is 10.3. The lowest BCUT2D eigenvalue weighted by Crippen LogP contribution is -2.33. The van der Waals surface area contributed by atoms with E-state index in [1.165, 1.54) is 18.1 Å². The summed E-state index contributed by atoms with van der Waals surface area (Å²) >= 11 is 1.54. The Morgan fingerprint density at radius 1 is 1.18 bits per heavy atom. The highest BCUT2D eigenvalue weighted by Gasteiger charge is 2.44. The number of aliphatic hydroxyl groups is 3. The molecule has 0 spiro atoms. The van der Waals surface area contributed by atoms with Gasteiger partial charge in [-0.2, -0.15) is 4.98 Å².